The molecule has 0 aliphatic carbocycles. The van der Waals surface area contributed by atoms with Gasteiger partial charge in [-0.25, -0.2) is 9.59 Å². The Balaban J connectivity index is -0.000000203. The molecule has 0 aliphatic rings. The molecule has 0 atom stereocenters. The zero-order valence-corrected chi connectivity index (χ0v) is 12.2. The van der Waals surface area contributed by atoms with Gasteiger partial charge in [0, 0.05) is 6.04 Å². The number of carboxylic acid groups (broad SMARTS) is 2. The van der Waals surface area contributed by atoms with Gasteiger partial charge >= 0.3 is 11.9 Å². The van der Waals surface area contributed by atoms with Crippen LogP contribution in [0.15, 0.2) is 0 Å². The van der Waals surface area contributed by atoms with Gasteiger partial charge < -0.3 is 15.3 Å². The van der Waals surface area contributed by atoms with E-state index in [0.29, 0.717) is 6.04 Å². The van der Waals surface area contributed by atoms with Crippen LogP contribution in [0, 0.1) is 0 Å². The van der Waals surface area contributed by atoms with E-state index in [9.17, 15) is 0 Å². The third-order valence-electron chi connectivity index (χ3n) is 2.35. The van der Waals surface area contributed by atoms with Gasteiger partial charge in [0.2, 0.25) is 0 Å². The number of rotatable bonds is 5. The van der Waals surface area contributed by atoms with Crippen LogP contribution in [0.5, 0.6) is 0 Å². The summed E-state index contributed by atoms with van der Waals surface area (Å²) >= 11 is 0. The van der Waals surface area contributed by atoms with E-state index >= 15 is 0 Å². The van der Waals surface area contributed by atoms with Gasteiger partial charge in [-0.05, 0) is 25.7 Å². The monoisotopic (exact) mass is 280 g/mol. The first-order chi connectivity index (χ1) is 8.80. The first-order valence-electron chi connectivity index (χ1n) is 6.40. The van der Waals surface area contributed by atoms with Crippen molar-refractivity contribution in [1.82, 2.24) is 5.43 Å². The maximum Gasteiger partial charge on any atom is 0.414 e. The van der Waals surface area contributed by atoms with Crippen molar-refractivity contribution >= 4 is 11.9 Å². The van der Waals surface area contributed by atoms with E-state index in [4.69, 9.17) is 30.8 Å². The van der Waals surface area contributed by atoms with E-state index in [1.54, 1.807) is 0 Å². The highest BCUT2D eigenvalue weighted by Crippen LogP contribution is 1.92. The van der Waals surface area contributed by atoms with E-state index in [0.717, 1.165) is 25.7 Å². The van der Waals surface area contributed by atoms with Crippen molar-refractivity contribution in [3.63, 3.8) is 0 Å². The molecule has 0 radical (unpaired) electrons. The van der Waals surface area contributed by atoms with E-state index in [1.807, 2.05) is 13.8 Å². The summed E-state index contributed by atoms with van der Waals surface area (Å²) in [6.07, 6.45) is 3.94. The second-order valence-corrected chi connectivity index (χ2v) is 3.76. The van der Waals surface area contributed by atoms with Crippen molar-refractivity contribution in [2.45, 2.75) is 65.5 Å². The zero-order chi connectivity index (χ0) is 15.8. The minimum absolute atomic E-state index is 0.0648. The summed E-state index contributed by atoms with van der Waals surface area (Å²) in [5.74, 6) is 1.50. The Kier molecular flexibility index (Phi) is 20.3. The van der Waals surface area contributed by atoms with Crippen LogP contribution in [-0.4, -0.2) is 39.4 Å². The van der Waals surface area contributed by atoms with Crippen molar-refractivity contribution in [1.29, 1.82) is 0 Å². The standard InChI is InChI=1S/C5H14N2.C5H12O.C2H2O4/c1-3-5(4-2)7-6;1-3-5(6)4-2;3-1(4)2(5)6/h5,7H,3-4,6H2,1-2H3;5-6H,3-4H2,1-2H3;(H,3,4)(H,5,6). The summed E-state index contributed by atoms with van der Waals surface area (Å²) in [4.78, 5) is 18.2. The van der Waals surface area contributed by atoms with Crippen molar-refractivity contribution in [2.24, 2.45) is 5.84 Å². The molecule has 0 aromatic carbocycles. The molecule has 0 saturated heterocycles. The van der Waals surface area contributed by atoms with Gasteiger partial charge in [-0.3, -0.25) is 11.3 Å². The van der Waals surface area contributed by atoms with Crippen LogP contribution in [-0.2, 0) is 9.59 Å². The fourth-order valence-electron chi connectivity index (χ4n) is 0.813. The predicted molar refractivity (Wildman–Crippen MR) is 73.6 cm³/mol. The highest BCUT2D eigenvalue weighted by atomic mass is 16.4. The third-order valence-corrected chi connectivity index (χ3v) is 2.35. The van der Waals surface area contributed by atoms with Crippen molar-refractivity contribution < 1.29 is 24.9 Å². The van der Waals surface area contributed by atoms with Crippen LogP contribution in [0.3, 0.4) is 0 Å². The second-order valence-electron chi connectivity index (χ2n) is 3.76. The lowest BCUT2D eigenvalue weighted by Gasteiger charge is -2.07. The molecular weight excluding hydrogens is 252 g/mol. The highest BCUT2D eigenvalue weighted by Gasteiger charge is 2.04. The van der Waals surface area contributed by atoms with Gasteiger partial charge in [-0.1, -0.05) is 27.7 Å². The lowest BCUT2D eigenvalue weighted by molar-refractivity contribution is -0.159. The van der Waals surface area contributed by atoms with E-state index in [1.165, 1.54) is 0 Å². The summed E-state index contributed by atoms with van der Waals surface area (Å²) in [6, 6.07) is 0.514. The Morgan fingerprint density at radius 3 is 1.26 bits per heavy atom. The van der Waals surface area contributed by atoms with Crippen molar-refractivity contribution in [3.8, 4) is 0 Å². The molecule has 6 N–H and O–H groups in total. The van der Waals surface area contributed by atoms with Gasteiger partial charge in [0.15, 0.2) is 0 Å². The fraction of sp³-hybridized carbons (Fsp3) is 0.833. The number of carbonyl (C=O) groups is 2. The summed E-state index contributed by atoms with van der Waals surface area (Å²) < 4.78 is 0. The quantitative estimate of drug-likeness (QED) is 0.288. The molecule has 0 aliphatic heterocycles. The van der Waals surface area contributed by atoms with E-state index < -0.39 is 11.9 Å². The lowest BCUT2D eigenvalue weighted by Crippen LogP contribution is -2.33. The van der Waals surface area contributed by atoms with Crippen molar-refractivity contribution in [3.05, 3.63) is 0 Å². The number of hydrogen-bond acceptors (Lipinski definition) is 5. The van der Waals surface area contributed by atoms with Gasteiger partial charge in [0.1, 0.15) is 0 Å². The molecule has 7 nitrogen and oxygen atoms in total. The van der Waals surface area contributed by atoms with Crippen LogP contribution < -0.4 is 11.3 Å². The maximum absolute atomic E-state index is 9.10. The molecule has 0 unspecified atom stereocenters. The molecule has 0 heterocycles. The van der Waals surface area contributed by atoms with Crippen LogP contribution in [0.2, 0.25) is 0 Å². The normalized spacial score (nSPS) is 9.26. The Hall–Kier alpha value is -1.18. The first kappa shape index (κ1) is 23.0. The fourth-order valence-corrected chi connectivity index (χ4v) is 0.813. The molecule has 7 heteroatoms. The van der Waals surface area contributed by atoms with Crippen LogP contribution >= 0.6 is 0 Å². The highest BCUT2D eigenvalue weighted by molar-refractivity contribution is 6.27. The van der Waals surface area contributed by atoms with Gasteiger partial charge in [-0.2, -0.15) is 0 Å². The lowest BCUT2D eigenvalue weighted by atomic mass is 10.2. The molecule has 0 amide bonds. The number of aliphatic hydroxyl groups is 1. The molecule has 0 fully saturated rings. The molecular formula is C12H28N2O5. The van der Waals surface area contributed by atoms with Gasteiger partial charge in [0.05, 0.1) is 6.10 Å². The van der Waals surface area contributed by atoms with Crippen molar-refractivity contribution in [2.75, 3.05) is 0 Å². The van der Waals surface area contributed by atoms with Crippen LogP contribution in [0.4, 0.5) is 0 Å². The SMILES string of the molecule is CCC(CC)NN.CCC(O)CC.O=C(O)C(=O)O. The number of aliphatic hydroxyl groups excluding tert-OH is 1. The number of hydrazine groups is 1. The molecule has 0 saturated carbocycles. The minimum Gasteiger partial charge on any atom is -0.473 e. The Morgan fingerprint density at radius 1 is 0.947 bits per heavy atom. The molecule has 0 aromatic rings. The summed E-state index contributed by atoms with van der Waals surface area (Å²) in [5.41, 5.74) is 2.70. The Labute approximate surface area is 114 Å². The number of hydrogen-bond donors (Lipinski definition) is 5. The Morgan fingerprint density at radius 2 is 1.26 bits per heavy atom. The van der Waals surface area contributed by atoms with E-state index in [2.05, 4.69) is 19.3 Å². The average Bonchev–Trinajstić information content (AvgIpc) is 2.41. The summed E-state index contributed by atoms with van der Waals surface area (Å²) in [7, 11) is 0. The van der Waals surface area contributed by atoms with Gasteiger partial charge in [0.25, 0.3) is 0 Å². The molecule has 0 aromatic heterocycles. The summed E-state index contributed by atoms with van der Waals surface area (Å²) in [5, 5.41) is 23.4. The topological polar surface area (TPSA) is 133 Å². The van der Waals surface area contributed by atoms with Crippen LogP contribution in [0.1, 0.15) is 53.4 Å². The molecule has 19 heavy (non-hydrogen) atoms. The molecule has 0 spiro atoms. The van der Waals surface area contributed by atoms with Gasteiger partial charge in [-0.15, -0.1) is 0 Å². The number of nitrogens with one attached hydrogen (secondary N) is 1. The third kappa shape index (κ3) is 22.5. The molecule has 116 valence electrons. The smallest absolute Gasteiger partial charge is 0.414 e. The predicted octanol–water partition coefficient (Wildman–Crippen LogP) is 0.961. The number of nitrogens with two attached hydrogens (primary N) is 1. The van der Waals surface area contributed by atoms with Crippen LogP contribution in [0.25, 0.3) is 0 Å². The zero-order valence-electron chi connectivity index (χ0n) is 12.2. The average molecular weight is 280 g/mol. The molecule has 0 rings (SSSR count). The first-order valence-corrected chi connectivity index (χ1v) is 6.40. The number of carboxylic acids is 2. The largest absolute Gasteiger partial charge is 0.473 e. The maximum atomic E-state index is 9.10. The van der Waals surface area contributed by atoms with E-state index in [-0.39, 0.29) is 6.10 Å². The Bertz CT molecular complexity index is 199. The summed E-state index contributed by atoms with van der Waals surface area (Å²) in [6.45, 7) is 8.20. The number of aliphatic carboxylic acids is 2. The molecule has 0 bridgehead atoms. The second kappa shape index (κ2) is 16.8. The minimum atomic E-state index is -1.82.